The molecule has 0 amide bonds. The number of nitrogens with zero attached hydrogens (tertiary/aromatic N) is 5. The van der Waals surface area contributed by atoms with Gasteiger partial charge in [-0.1, -0.05) is 70.8 Å². The van der Waals surface area contributed by atoms with Gasteiger partial charge in [-0.2, -0.15) is 4.68 Å². The lowest BCUT2D eigenvalue weighted by atomic mass is 10.2. The number of nitrogens with one attached hydrogen (secondary N) is 1. The van der Waals surface area contributed by atoms with E-state index >= 15 is 0 Å². The highest BCUT2D eigenvalue weighted by Gasteiger charge is 2.08. The standard InChI is InChI=1S/C17H14N6OS2/c24-15-13-8-4-5-9-14(13)19-22-23(15)11-25-17-21-20-16(26-17)18-10-12-6-2-1-3-7-12/h1-9H,10-11H2,(H,18,20). The van der Waals surface area contributed by atoms with Crippen LogP contribution in [0.3, 0.4) is 0 Å². The van der Waals surface area contributed by atoms with E-state index in [9.17, 15) is 4.79 Å². The van der Waals surface area contributed by atoms with Crippen molar-refractivity contribution in [2.45, 2.75) is 16.8 Å². The fourth-order valence-electron chi connectivity index (χ4n) is 2.34. The van der Waals surface area contributed by atoms with E-state index in [-0.39, 0.29) is 5.56 Å². The van der Waals surface area contributed by atoms with E-state index in [1.807, 2.05) is 30.3 Å². The molecule has 0 bridgehead atoms. The zero-order valence-corrected chi connectivity index (χ0v) is 15.2. The van der Waals surface area contributed by atoms with Crippen molar-refractivity contribution in [3.63, 3.8) is 0 Å². The van der Waals surface area contributed by atoms with Crippen molar-refractivity contribution in [3.05, 3.63) is 70.5 Å². The van der Waals surface area contributed by atoms with Gasteiger partial charge in [-0.15, -0.1) is 15.3 Å². The maximum absolute atomic E-state index is 12.4. The summed E-state index contributed by atoms with van der Waals surface area (Å²) in [6.07, 6.45) is 0. The van der Waals surface area contributed by atoms with Crippen molar-refractivity contribution in [1.29, 1.82) is 0 Å². The summed E-state index contributed by atoms with van der Waals surface area (Å²) in [6.45, 7) is 0.690. The molecule has 2 aromatic heterocycles. The first kappa shape index (κ1) is 16.7. The molecule has 26 heavy (non-hydrogen) atoms. The molecule has 0 unspecified atom stereocenters. The Balaban J connectivity index is 1.40. The Morgan fingerprint density at radius 2 is 1.81 bits per heavy atom. The van der Waals surface area contributed by atoms with Crippen LogP contribution in [-0.4, -0.2) is 25.2 Å². The molecular weight excluding hydrogens is 368 g/mol. The van der Waals surface area contributed by atoms with E-state index in [1.165, 1.54) is 33.3 Å². The molecule has 0 aliphatic rings. The first-order chi connectivity index (χ1) is 12.8. The molecule has 9 heteroatoms. The van der Waals surface area contributed by atoms with Gasteiger partial charge in [-0.3, -0.25) is 4.79 Å². The number of anilines is 1. The van der Waals surface area contributed by atoms with Crippen LogP contribution < -0.4 is 10.9 Å². The molecule has 0 aliphatic carbocycles. The summed E-state index contributed by atoms with van der Waals surface area (Å²) in [5.74, 6) is 0.337. The summed E-state index contributed by atoms with van der Waals surface area (Å²) in [6, 6.07) is 17.3. The molecule has 130 valence electrons. The van der Waals surface area contributed by atoms with Gasteiger partial charge in [-0.05, 0) is 17.7 Å². The van der Waals surface area contributed by atoms with Gasteiger partial charge in [0.2, 0.25) is 5.13 Å². The number of benzene rings is 2. The molecule has 4 rings (SSSR count). The van der Waals surface area contributed by atoms with Crippen LogP contribution in [0, 0.1) is 0 Å². The molecule has 2 aromatic carbocycles. The summed E-state index contributed by atoms with van der Waals surface area (Å²) in [7, 11) is 0. The number of aromatic nitrogens is 5. The molecule has 0 spiro atoms. The Labute approximate surface area is 157 Å². The monoisotopic (exact) mass is 382 g/mol. The molecule has 2 heterocycles. The van der Waals surface area contributed by atoms with Crippen LogP contribution in [0.15, 0.2) is 63.7 Å². The molecule has 1 N–H and O–H groups in total. The molecule has 7 nitrogen and oxygen atoms in total. The van der Waals surface area contributed by atoms with Crippen molar-refractivity contribution >= 4 is 39.1 Å². The molecule has 0 atom stereocenters. The van der Waals surface area contributed by atoms with Gasteiger partial charge >= 0.3 is 0 Å². The van der Waals surface area contributed by atoms with Crippen LogP contribution in [0.5, 0.6) is 0 Å². The van der Waals surface area contributed by atoms with Gasteiger partial charge in [-0.25, -0.2) is 0 Å². The normalized spacial score (nSPS) is 10.9. The van der Waals surface area contributed by atoms with E-state index in [1.54, 1.807) is 12.1 Å². The van der Waals surface area contributed by atoms with Crippen molar-refractivity contribution in [2.75, 3.05) is 5.32 Å². The van der Waals surface area contributed by atoms with Crippen molar-refractivity contribution in [2.24, 2.45) is 0 Å². The van der Waals surface area contributed by atoms with Gasteiger partial charge in [0.25, 0.3) is 5.56 Å². The second-order valence-electron chi connectivity index (χ2n) is 5.40. The smallest absolute Gasteiger partial charge is 0.278 e. The maximum atomic E-state index is 12.4. The van der Waals surface area contributed by atoms with Gasteiger partial charge in [0, 0.05) is 6.54 Å². The SMILES string of the molecule is O=c1c2ccccc2nnn1CSc1nnc(NCc2ccccc2)s1. The Morgan fingerprint density at radius 1 is 1.00 bits per heavy atom. The van der Waals surface area contributed by atoms with E-state index < -0.39 is 0 Å². The number of hydrogen-bond donors (Lipinski definition) is 1. The molecule has 0 saturated carbocycles. The van der Waals surface area contributed by atoms with Crippen LogP contribution in [0.2, 0.25) is 0 Å². The molecule has 0 aliphatic heterocycles. The van der Waals surface area contributed by atoms with E-state index in [2.05, 4.69) is 38.0 Å². The summed E-state index contributed by atoms with van der Waals surface area (Å²) < 4.78 is 2.10. The zero-order valence-electron chi connectivity index (χ0n) is 13.6. The number of hydrogen-bond acceptors (Lipinski definition) is 8. The average molecular weight is 382 g/mol. The van der Waals surface area contributed by atoms with Crippen molar-refractivity contribution < 1.29 is 0 Å². The highest BCUT2D eigenvalue weighted by molar-refractivity contribution is 8.00. The lowest BCUT2D eigenvalue weighted by molar-refractivity contribution is 0.644. The third-order valence-corrected chi connectivity index (χ3v) is 5.61. The van der Waals surface area contributed by atoms with Crippen LogP contribution in [0.25, 0.3) is 10.9 Å². The lowest BCUT2D eigenvalue weighted by Crippen LogP contribution is -2.23. The second-order valence-corrected chi connectivity index (χ2v) is 7.57. The van der Waals surface area contributed by atoms with Crippen molar-refractivity contribution in [3.8, 4) is 0 Å². The van der Waals surface area contributed by atoms with Gasteiger partial charge in [0.1, 0.15) is 5.52 Å². The first-order valence-corrected chi connectivity index (χ1v) is 9.66. The fraction of sp³-hybridized carbons (Fsp3) is 0.118. The summed E-state index contributed by atoms with van der Waals surface area (Å²) in [5.41, 5.74) is 1.62. The van der Waals surface area contributed by atoms with E-state index in [0.29, 0.717) is 23.3 Å². The Kier molecular flexibility index (Phi) is 4.89. The highest BCUT2D eigenvalue weighted by atomic mass is 32.2. The zero-order chi connectivity index (χ0) is 17.8. The maximum Gasteiger partial charge on any atom is 0.278 e. The van der Waals surface area contributed by atoms with Gasteiger partial charge in [0.05, 0.1) is 11.3 Å². The summed E-state index contributed by atoms with van der Waals surface area (Å²) in [5, 5.41) is 20.9. The van der Waals surface area contributed by atoms with Crippen LogP contribution >= 0.6 is 23.1 Å². The Bertz CT molecular complexity index is 1080. The number of rotatable bonds is 6. The Hall–Kier alpha value is -2.78. The molecule has 4 aromatic rings. The average Bonchev–Trinajstić information content (AvgIpc) is 3.15. The third kappa shape index (κ3) is 3.73. The van der Waals surface area contributed by atoms with E-state index in [4.69, 9.17) is 0 Å². The minimum Gasteiger partial charge on any atom is -0.356 e. The number of fused-ring (bicyclic) bond motifs is 1. The lowest BCUT2D eigenvalue weighted by Gasteiger charge is -2.02. The Morgan fingerprint density at radius 3 is 2.69 bits per heavy atom. The van der Waals surface area contributed by atoms with Crippen LogP contribution in [-0.2, 0) is 12.4 Å². The van der Waals surface area contributed by atoms with Crippen LogP contribution in [0.1, 0.15) is 5.56 Å². The quantitative estimate of drug-likeness (QED) is 0.513. The molecule has 0 saturated heterocycles. The largest absolute Gasteiger partial charge is 0.356 e. The molecule has 0 radical (unpaired) electrons. The number of thioether (sulfide) groups is 1. The van der Waals surface area contributed by atoms with Gasteiger partial charge in [0.15, 0.2) is 4.34 Å². The second kappa shape index (κ2) is 7.63. The predicted octanol–water partition coefficient (Wildman–Crippen LogP) is 3.00. The fourth-order valence-corrected chi connectivity index (χ4v) is 3.94. The minimum absolute atomic E-state index is 0.157. The minimum atomic E-state index is -0.157. The van der Waals surface area contributed by atoms with Gasteiger partial charge < -0.3 is 5.32 Å². The summed E-state index contributed by atoms with van der Waals surface area (Å²) >= 11 is 2.85. The third-order valence-electron chi connectivity index (χ3n) is 3.63. The first-order valence-electron chi connectivity index (χ1n) is 7.86. The van der Waals surface area contributed by atoms with E-state index in [0.717, 1.165) is 9.47 Å². The van der Waals surface area contributed by atoms with Crippen molar-refractivity contribution in [1.82, 2.24) is 25.2 Å². The topological polar surface area (TPSA) is 85.6 Å². The molecular formula is C17H14N6OS2. The summed E-state index contributed by atoms with van der Waals surface area (Å²) in [4.78, 5) is 12.4. The molecule has 0 fully saturated rings. The van der Waals surface area contributed by atoms with Crippen LogP contribution in [0.4, 0.5) is 5.13 Å². The predicted molar refractivity (Wildman–Crippen MR) is 103 cm³/mol. The highest BCUT2D eigenvalue weighted by Crippen LogP contribution is 2.26.